The Bertz CT molecular complexity index is 2420. The van der Waals surface area contributed by atoms with Crippen molar-refractivity contribution in [3.63, 3.8) is 0 Å². The van der Waals surface area contributed by atoms with Crippen LogP contribution in [-0.4, -0.2) is 102 Å². The number of aliphatic imine (C=N–C) groups is 3. The number of aromatic amines is 1. The highest BCUT2D eigenvalue weighted by Gasteiger charge is 2.42. The van der Waals surface area contributed by atoms with Crippen molar-refractivity contribution in [2.24, 2.45) is 26.4 Å². The fraction of sp³-hybridized carbons (Fsp3) is 0.366. The molecule has 4 aromatic rings. The van der Waals surface area contributed by atoms with Gasteiger partial charge in [0.05, 0.1) is 37.6 Å². The second-order valence-electron chi connectivity index (χ2n) is 13.9. The summed E-state index contributed by atoms with van der Waals surface area (Å²) in [6.07, 6.45) is 7.22. The van der Waals surface area contributed by atoms with Crippen LogP contribution >= 0.6 is 0 Å². The first-order valence-corrected chi connectivity index (χ1v) is 19.4. The number of aromatic nitrogens is 4. The third-order valence-corrected chi connectivity index (χ3v) is 9.77. The minimum absolute atomic E-state index is 0.0570. The standard InChI is InChI=1S/C41H50N12O6/c1-7-45-30(16-23(3)42)40(57)49-41-47-29-19-25(36(43)55)20-32(58-6)35(29)52(41)13-10-9-12-51-34-27(18-26(39(56)44-5)21-33(34)59-15-11-14-54)28-22-46-37(48-38(28)51)31-17-24(4)50-53(31)8-2/h9-10,16-22,28,38,54H,7-8,11-15H2,1-6H3,(H6,42,43,44,45,47,49,55,56,57)/p+1/b10-9+. The van der Waals surface area contributed by atoms with E-state index in [0.717, 1.165) is 22.6 Å². The normalized spacial score (nSPS) is 16.3. The Morgan fingerprint density at radius 2 is 1.88 bits per heavy atom. The van der Waals surface area contributed by atoms with E-state index < -0.39 is 18.0 Å². The molecule has 0 bridgehead atoms. The largest absolute Gasteiger partial charge is 0.493 e. The Morgan fingerprint density at radius 3 is 2.56 bits per heavy atom. The molecule has 2 aliphatic heterocycles. The van der Waals surface area contributed by atoms with Crippen molar-refractivity contribution < 1.29 is 33.5 Å². The molecular formula is C41H51N12O6+. The number of hydrogen-bond acceptors (Lipinski definition) is 12. The number of rotatable bonds is 17. The maximum atomic E-state index is 13.5. The van der Waals surface area contributed by atoms with E-state index in [0.29, 0.717) is 71.6 Å². The number of hydrogen-bond donors (Lipinski definition) is 6. The Kier molecular flexibility index (Phi) is 12.9. The second kappa shape index (κ2) is 18.2. The van der Waals surface area contributed by atoms with Crippen molar-refractivity contribution in [2.45, 2.75) is 59.3 Å². The van der Waals surface area contributed by atoms with Crippen molar-refractivity contribution in [3.8, 4) is 11.5 Å². The second-order valence-corrected chi connectivity index (χ2v) is 13.9. The summed E-state index contributed by atoms with van der Waals surface area (Å²) in [4.78, 5) is 58.4. The lowest BCUT2D eigenvalue weighted by molar-refractivity contribution is -0.646. The molecule has 4 heterocycles. The molecule has 0 saturated heterocycles. The minimum atomic E-state index is -0.642. The molecule has 18 heteroatoms. The Labute approximate surface area is 341 Å². The van der Waals surface area contributed by atoms with Gasteiger partial charge >= 0.3 is 11.9 Å². The lowest BCUT2D eigenvalue weighted by atomic mass is 9.96. The zero-order chi connectivity index (χ0) is 42.4. The van der Waals surface area contributed by atoms with Crippen LogP contribution in [0.3, 0.4) is 0 Å². The average Bonchev–Trinajstić information content (AvgIpc) is 3.88. The number of benzene rings is 2. The molecular weight excluding hydrogens is 757 g/mol. The third kappa shape index (κ3) is 8.72. The zero-order valence-electron chi connectivity index (χ0n) is 34.1. The first kappa shape index (κ1) is 41.8. The number of carbonyl (C=O) groups is 3. The van der Waals surface area contributed by atoms with Crippen molar-refractivity contribution in [1.82, 2.24) is 20.1 Å². The molecule has 2 aliphatic rings. The first-order chi connectivity index (χ1) is 28.4. The Balaban J connectivity index is 1.42. The summed E-state index contributed by atoms with van der Waals surface area (Å²) in [7, 11) is 3.06. The van der Waals surface area contributed by atoms with Crippen molar-refractivity contribution in [2.75, 3.05) is 50.7 Å². The Hall–Kier alpha value is -6.82. The molecule has 0 fully saturated rings. The van der Waals surface area contributed by atoms with Gasteiger partial charge in [0, 0.05) is 62.7 Å². The van der Waals surface area contributed by atoms with Crippen LogP contribution in [-0.2, 0) is 17.9 Å². The number of ether oxygens (including phenoxy) is 2. The van der Waals surface area contributed by atoms with Gasteiger partial charge in [-0.2, -0.15) is 5.10 Å². The number of aryl methyl sites for hydroxylation is 2. The van der Waals surface area contributed by atoms with E-state index in [1.165, 1.54) is 13.2 Å². The van der Waals surface area contributed by atoms with Crippen LogP contribution in [0.15, 0.2) is 69.2 Å². The summed E-state index contributed by atoms with van der Waals surface area (Å²) in [5, 5.41) is 19.8. The maximum Gasteiger partial charge on any atom is 0.363 e. The van der Waals surface area contributed by atoms with Gasteiger partial charge in [-0.05, 0) is 69.7 Å². The van der Waals surface area contributed by atoms with Gasteiger partial charge < -0.3 is 36.3 Å². The van der Waals surface area contributed by atoms with E-state index >= 15 is 0 Å². The number of amides is 3. The van der Waals surface area contributed by atoms with E-state index in [-0.39, 0.29) is 42.9 Å². The summed E-state index contributed by atoms with van der Waals surface area (Å²) in [6, 6.07) is 8.66. The minimum Gasteiger partial charge on any atom is -0.493 e. The summed E-state index contributed by atoms with van der Waals surface area (Å²) in [6.45, 7) is 9.18. The molecule has 2 aromatic heterocycles. The van der Waals surface area contributed by atoms with Gasteiger partial charge in [0.25, 0.3) is 5.91 Å². The number of allylic oxidation sites excluding steroid dienone is 2. The number of nitrogens with zero attached hydrogens (tertiary/aromatic N) is 7. The predicted molar refractivity (Wildman–Crippen MR) is 226 cm³/mol. The summed E-state index contributed by atoms with van der Waals surface area (Å²) in [5.41, 5.74) is 17.1. The maximum absolute atomic E-state index is 13.5. The first-order valence-electron chi connectivity index (χ1n) is 19.4. The predicted octanol–water partition coefficient (Wildman–Crippen LogP) is 2.49. The van der Waals surface area contributed by atoms with E-state index in [4.69, 9.17) is 30.9 Å². The molecule has 310 valence electrons. The number of aliphatic hydroxyl groups is 1. The molecule has 0 aliphatic carbocycles. The van der Waals surface area contributed by atoms with Crippen LogP contribution in [0, 0.1) is 6.92 Å². The van der Waals surface area contributed by atoms with Crippen LogP contribution in [0.4, 0.5) is 11.6 Å². The number of carbonyl (C=O) groups excluding carboxylic acids is 3. The molecule has 2 aromatic carbocycles. The van der Waals surface area contributed by atoms with Gasteiger partial charge in [-0.1, -0.05) is 12.2 Å². The fourth-order valence-corrected chi connectivity index (χ4v) is 7.20. The number of nitrogens with two attached hydrogens (primary N) is 2. The molecule has 3 amide bonds. The number of imidazole rings is 1. The fourth-order valence-electron chi connectivity index (χ4n) is 7.20. The lowest BCUT2D eigenvalue weighted by Gasteiger charge is -2.28. The molecule has 8 N–H and O–H groups in total. The molecule has 2 atom stereocenters. The molecule has 2 unspecified atom stereocenters. The van der Waals surface area contributed by atoms with Gasteiger partial charge in [0.1, 0.15) is 28.8 Å². The highest BCUT2D eigenvalue weighted by atomic mass is 16.5. The summed E-state index contributed by atoms with van der Waals surface area (Å²) in [5.74, 6) is -0.0436. The van der Waals surface area contributed by atoms with Crippen molar-refractivity contribution in [3.05, 3.63) is 82.3 Å². The van der Waals surface area contributed by atoms with E-state index in [1.54, 1.807) is 32.2 Å². The van der Waals surface area contributed by atoms with Gasteiger partial charge in [-0.15, -0.1) is 0 Å². The van der Waals surface area contributed by atoms with Gasteiger partial charge in [-0.3, -0.25) is 19.3 Å². The van der Waals surface area contributed by atoms with Crippen LogP contribution in [0.2, 0.25) is 0 Å². The quantitative estimate of drug-likeness (QED) is 0.0397. The molecule has 0 saturated carbocycles. The number of primary amides is 1. The van der Waals surface area contributed by atoms with E-state index in [1.807, 2.05) is 60.5 Å². The van der Waals surface area contributed by atoms with Gasteiger partial charge in [-0.25, -0.2) is 29.6 Å². The smallest absolute Gasteiger partial charge is 0.363 e. The topological polar surface area (TPSA) is 244 Å². The zero-order valence-corrected chi connectivity index (χ0v) is 34.1. The summed E-state index contributed by atoms with van der Waals surface area (Å²) < 4.78 is 15.7. The monoisotopic (exact) mass is 807 g/mol. The van der Waals surface area contributed by atoms with Crippen LogP contribution in [0.1, 0.15) is 70.8 Å². The average molecular weight is 808 g/mol. The highest BCUT2D eigenvalue weighted by Crippen LogP contribution is 2.48. The van der Waals surface area contributed by atoms with Crippen molar-refractivity contribution >= 4 is 58.2 Å². The number of fused-ring (bicyclic) bond motifs is 4. The Morgan fingerprint density at radius 1 is 1.10 bits per heavy atom. The number of amidine groups is 1. The SMILES string of the molecule is CCN=C(/C=C(/C)N)C(=O)Nc1[nH]c2cc(C(N)=O)cc(OC)c2[n+]1C/C=C/CN1c2c(OCCCO)cc(C(=O)NC)cc2C2C=NC(c3cc(C)nn3CC)=NC21. The highest BCUT2D eigenvalue weighted by molar-refractivity contribution is 6.47. The van der Waals surface area contributed by atoms with Crippen LogP contribution in [0.25, 0.3) is 11.0 Å². The molecule has 0 spiro atoms. The number of methoxy groups -OCH3 is 1. The van der Waals surface area contributed by atoms with Crippen molar-refractivity contribution in [1.29, 1.82) is 0 Å². The number of nitrogens with one attached hydrogen (secondary N) is 3. The molecule has 18 nitrogen and oxygen atoms in total. The molecule has 59 heavy (non-hydrogen) atoms. The number of anilines is 2. The molecule has 6 rings (SSSR count). The number of H-pyrrole nitrogens is 1. The van der Waals surface area contributed by atoms with Gasteiger partial charge in [0.15, 0.2) is 17.1 Å². The van der Waals surface area contributed by atoms with E-state index in [9.17, 15) is 19.5 Å². The molecule has 0 radical (unpaired) electrons. The van der Waals surface area contributed by atoms with E-state index in [2.05, 4.69) is 30.6 Å². The number of aliphatic hydroxyl groups excluding tert-OH is 1. The summed E-state index contributed by atoms with van der Waals surface area (Å²) >= 11 is 0. The van der Waals surface area contributed by atoms with Crippen LogP contribution in [0.5, 0.6) is 11.5 Å². The third-order valence-electron chi connectivity index (χ3n) is 9.77. The van der Waals surface area contributed by atoms with Gasteiger partial charge in [0.2, 0.25) is 5.91 Å². The van der Waals surface area contributed by atoms with Crippen LogP contribution < -0.4 is 41.0 Å². The lowest BCUT2D eigenvalue weighted by Crippen LogP contribution is -2.39.